The highest BCUT2D eigenvalue weighted by atomic mass is 35.5. The van der Waals surface area contributed by atoms with Crippen LogP contribution in [0.15, 0.2) is 102 Å². The van der Waals surface area contributed by atoms with E-state index in [9.17, 15) is 4.79 Å². The molecule has 0 fully saturated rings. The molecule has 0 saturated carbocycles. The quantitative estimate of drug-likeness (QED) is 0.266. The van der Waals surface area contributed by atoms with Crippen LogP contribution in [-0.4, -0.2) is 11.9 Å². The third kappa shape index (κ3) is 4.13. The molecule has 1 aliphatic rings. The van der Waals surface area contributed by atoms with Crippen LogP contribution in [0.1, 0.15) is 16.7 Å². The van der Waals surface area contributed by atoms with Gasteiger partial charge in [0.1, 0.15) is 12.4 Å². The SMILES string of the molecule is O=C1OC(c2ccccc2)=N/C1=C/c1c(OCc2ccc(Cl)cc2)ccc2ccccc12. The Morgan fingerprint density at radius 3 is 2.44 bits per heavy atom. The number of carbonyl (C=O) groups excluding carboxylic acids is 1. The summed E-state index contributed by atoms with van der Waals surface area (Å²) >= 11 is 5.98. The molecule has 5 rings (SSSR count). The Bertz CT molecular complexity index is 1360. The first kappa shape index (κ1) is 20.0. The van der Waals surface area contributed by atoms with Crippen molar-refractivity contribution in [1.29, 1.82) is 0 Å². The fourth-order valence-electron chi connectivity index (χ4n) is 3.54. The van der Waals surface area contributed by atoms with Gasteiger partial charge in [-0.15, -0.1) is 0 Å². The number of rotatable bonds is 5. The number of halogens is 1. The average Bonchev–Trinajstić information content (AvgIpc) is 3.20. The normalized spacial score (nSPS) is 14.5. The molecule has 32 heavy (non-hydrogen) atoms. The largest absolute Gasteiger partial charge is 0.488 e. The Balaban J connectivity index is 1.54. The molecule has 4 aromatic carbocycles. The second kappa shape index (κ2) is 8.69. The lowest BCUT2D eigenvalue weighted by molar-refractivity contribution is -0.129. The number of ether oxygens (including phenoxy) is 2. The first-order chi connectivity index (χ1) is 15.7. The summed E-state index contributed by atoms with van der Waals surface area (Å²) < 4.78 is 11.6. The van der Waals surface area contributed by atoms with Crippen molar-refractivity contribution in [3.63, 3.8) is 0 Å². The van der Waals surface area contributed by atoms with Crippen molar-refractivity contribution < 1.29 is 14.3 Å². The Morgan fingerprint density at radius 2 is 1.62 bits per heavy atom. The highest BCUT2D eigenvalue weighted by Gasteiger charge is 2.25. The maximum absolute atomic E-state index is 12.6. The van der Waals surface area contributed by atoms with Gasteiger partial charge in [0, 0.05) is 16.1 Å². The Labute approximate surface area is 190 Å². The Morgan fingerprint density at radius 1 is 0.875 bits per heavy atom. The van der Waals surface area contributed by atoms with E-state index in [2.05, 4.69) is 4.99 Å². The molecule has 0 bridgehead atoms. The van der Waals surface area contributed by atoms with Crippen molar-refractivity contribution in [2.45, 2.75) is 6.61 Å². The summed E-state index contributed by atoms with van der Waals surface area (Å²) in [5, 5.41) is 2.68. The molecule has 0 aliphatic carbocycles. The smallest absolute Gasteiger partial charge is 0.363 e. The van der Waals surface area contributed by atoms with Gasteiger partial charge in [-0.2, -0.15) is 0 Å². The summed E-state index contributed by atoms with van der Waals surface area (Å²) in [6.07, 6.45) is 1.73. The molecule has 4 aromatic rings. The molecule has 0 saturated heterocycles. The number of carbonyl (C=O) groups is 1. The van der Waals surface area contributed by atoms with Gasteiger partial charge >= 0.3 is 5.97 Å². The van der Waals surface area contributed by atoms with E-state index in [4.69, 9.17) is 21.1 Å². The van der Waals surface area contributed by atoms with E-state index in [1.807, 2.05) is 91.0 Å². The lowest BCUT2D eigenvalue weighted by Crippen LogP contribution is -2.05. The zero-order valence-corrected chi connectivity index (χ0v) is 17.8. The van der Waals surface area contributed by atoms with Gasteiger partial charge in [0.25, 0.3) is 0 Å². The van der Waals surface area contributed by atoms with Crippen LogP contribution < -0.4 is 4.74 Å². The van der Waals surface area contributed by atoms with Gasteiger partial charge in [0.2, 0.25) is 5.90 Å². The summed E-state index contributed by atoms with van der Waals surface area (Å²) in [6.45, 7) is 0.370. The molecular weight excluding hydrogens is 422 g/mol. The molecular formula is C27H18ClNO3. The zero-order chi connectivity index (χ0) is 21.9. The highest BCUT2D eigenvalue weighted by Crippen LogP contribution is 2.32. The molecule has 0 aromatic heterocycles. The highest BCUT2D eigenvalue weighted by molar-refractivity contribution is 6.30. The van der Waals surface area contributed by atoms with Crippen LogP contribution >= 0.6 is 11.6 Å². The van der Waals surface area contributed by atoms with E-state index in [0.29, 0.717) is 23.3 Å². The maximum Gasteiger partial charge on any atom is 0.363 e. The fraction of sp³-hybridized carbons (Fsp3) is 0.0370. The van der Waals surface area contributed by atoms with E-state index in [1.165, 1.54) is 0 Å². The summed E-state index contributed by atoms with van der Waals surface area (Å²) in [5.41, 5.74) is 2.76. The van der Waals surface area contributed by atoms with Crippen LogP contribution in [0, 0.1) is 0 Å². The number of cyclic esters (lactones) is 1. The topological polar surface area (TPSA) is 47.9 Å². The van der Waals surface area contributed by atoms with E-state index >= 15 is 0 Å². The van der Waals surface area contributed by atoms with Crippen LogP contribution in [-0.2, 0) is 16.1 Å². The third-order valence-electron chi connectivity index (χ3n) is 5.16. The van der Waals surface area contributed by atoms with Crippen molar-refractivity contribution in [2.24, 2.45) is 4.99 Å². The minimum atomic E-state index is -0.486. The summed E-state index contributed by atoms with van der Waals surface area (Å²) in [6, 6.07) is 28.7. The van der Waals surface area contributed by atoms with Crippen LogP contribution in [0.5, 0.6) is 5.75 Å². The minimum Gasteiger partial charge on any atom is -0.488 e. The summed E-state index contributed by atoms with van der Waals surface area (Å²) in [7, 11) is 0. The molecule has 0 amide bonds. The van der Waals surface area contributed by atoms with Gasteiger partial charge < -0.3 is 9.47 Å². The third-order valence-corrected chi connectivity index (χ3v) is 5.41. The van der Waals surface area contributed by atoms with Crippen molar-refractivity contribution in [1.82, 2.24) is 0 Å². The predicted molar refractivity (Wildman–Crippen MR) is 127 cm³/mol. The van der Waals surface area contributed by atoms with Crippen molar-refractivity contribution in [3.8, 4) is 5.75 Å². The molecule has 4 nitrogen and oxygen atoms in total. The number of aliphatic imine (C=N–C) groups is 1. The van der Waals surface area contributed by atoms with Gasteiger partial charge in [0.15, 0.2) is 5.70 Å². The molecule has 0 atom stereocenters. The van der Waals surface area contributed by atoms with E-state index < -0.39 is 5.97 Å². The zero-order valence-electron chi connectivity index (χ0n) is 17.0. The van der Waals surface area contributed by atoms with Gasteiger partial charge in [-0.3, -0.25) is 0 Å². The van der Waals surface area contributed by atoms with E-state index in [0.717, 1.165) is 27.5 Å². The number of benzene rings is 4. The van der Waals surface area contributed by atoms with E-state index in [1.54, 1.807) is 6.08 Å². The number of esters is 1. The standard InChI is InChI=1S/C27H18ClNO3/c28-21-13-10-18(11-14-21)17-31-25-15-12-19-6-4-5-9-22(19)23(25)16-24-27(30)32-26(29-24)20-7-2-1-3-8-20/h1-16H,17H2/b24-16+. The second-order valence-electron chi connectivity index (χ2n) is 7.32. The lowest BCUT2D eigenvalue weighted by Gasteiger charge is -2.12. The summed E-state index contributed by atoms with van der Waals surface area (Å²) in [4.78, 5) is 17.0. The fourth-order valence-corrected chi connectivity index (χ4v) is 3.67. The minimum absolute atomic E-state index is 0.233. The predicted octanol–water partition coefficient (Wildman–Crippen LogP) is 6.42. The van der Waals surface area contributed by atoms with Crippen LogP contribution in [0.2, 0.25) is 5.02 Å². The first-order valence-electron chi connectivity index (χ1n) is 10.1. The number of hydrogen-bond acceptors (Lipinski definition) is 4. The number of nitrogens with zero attached hydrogens (tertiary/aromatic N) is 1. The lowest BCUT2D eigenvalue weighted by atomic mass is 10.0. The summed E-state index contributed by atoms with van der Waals surface area (Å²) in [5.74, 6) is 0.466. The molecule has 1 aliphatic heterocycles. The van der Waals surface area contributed by atoms with Crippen molar-refractivity contribution >= 4 is 40.3 Å². The molecule has 5 heteroatoms. The van der Waals surface area contributed by atoms with Crippen LogP contribution in [0.3, 0.4) is 0 Å². The molecule has 1 heterocycles. The molecule has 0 unspecified atom stereocenters. The number of fused-ring (bicyclic) bond motifs is 1. The van der Waals surface area contributed by atoms with Gasteiger partial charge in [0.05, 0.1) is 0 Å². The Hall–Kier alpha value is -3.89. The molecule has 156 valence electrons. The van der Waals surface area contributed by atoms with Gasteiger partial charge in [-0.05, 0) is 52.7 Å². The van der Waals surface area contributed by atoms with Gasteiger partial charge in [-0.25, -0.2) is 9.79 Å². The second-order valence-corrected chi connectivity index (χ2v) is 7.75. The molecule has 0 N–H and O–H groups in total. The molecule has 0 radical (unpaired) electrons. The van der Waals surface area contributed by atoms with Crippen molar-refractivity contribution in [3.05, 3.63) is 118 Å². The number of hydrogen-bond donors (Lipinski definition) is 0. The van der Waals surface area contributed by atoms with E-state index in [-0.39, 0.29) is 5.70 Å². The Kier molecular flexibility index (Phi) is 5.44. The van der Waals surface area contributed by atoms with Crippen LogP contribution in [0.25, 0.3) is 16.8 Å². The van der Waals surface area contributed by atoms with Gasteiger partial charge in [-0.1, -0.05) is 72.3 Å². The maximum atomic E-state index is 12.6. The van der Waals surface area contributed by atoms with Crippen LogP contribution in [0.4, 0.5) is 0 Å². The molecule has 0 spiro atoms. The average molecular weight is 440 g/mol. The first-order valence-corrected chi connectivity index (χ1v) is 10.5. The van der Waals surface area contributed by atoms with Crippen molar-refractivity contribution in [2.75, 3.05) is 0 Å². The monoisotopic (exact) mass is 439 g/mol.